The first kappa shape index (κ1) is 16.6. The summed E-state index contributed by atoms with van der Waals surface area (Å²) in [6, 6.07) is 3.73. The maximum Gasteiger partial charge on any atom is 0.573 e. The second kappa shape index (κ2) is 6.31. The molecule has 3 nitrogen and oxygen atoms in total. The zero-order valence-corrected chi connectivity index (χ0v) is 10.1. The van der Waals surface area contributed by atoms with Gasteiger partial charge in [0.05, 0.1) is 0 Å². The molecule has 0 fully saturated rings. The van der Waals surface area contributed by atoms with Crippen LogP contribution in [-0.4, -0.2) is 12.5 Å². The van der Waals surface area contributed by atoms with Crippen molar-refractivity contribution in [2.24, 2.45) is 5.84 Å². The number of alkyl halides is 6. The lowest BCUT2D eigenvalue weighted by Crippen LogP contribution is -2.29. The van der Waals surface area contributed by atoms with Gasteiger partial charge in [-0.3, -0.25) is 11.3 Å². The second-order valence-electron chi connectivity index (χ2n) is 3.99. The van der Waals surface area contributed by atoms with Gasteiger partial charge in [-0.2, -0.15) is 13.2 Å². The molecule has 1 rings (SSSR count). The summed E-state index contributed by atoms with van der Waals surface area (Å²) in [6.07, 6.45) is -10.7. The van der Waals surface area contributed by atoms with Crippen LogP contribution in [0.15, 0.2) is 24.3 Å². The number of rotatable bonds is 5. The fourth-order valence-electron chi connectivity index (χ4n) is 1.58. The van der Waals surface area contributed by atoms with Crippen LogP contribution in [0.2, 0.25) is 0 Å². The zero-order chi connectivity index (χ0) is 15.4. The second-order valence-corrected chi connectivity index (χ2v) is 3.99. The standard InChI is InChI=1S/C11H12F6N2O/c12-10(13,14)5-4-9(19-18)7-2-1-3-8(6-7)20-11(15,16)17/h1-3,6,9,19H,4-5,18H2. The molecule has 0 aliphatic carbocycles. The van der Waals surface area contributed by atoms with E-state index in [-0.39, 0.29) is 5.56 Å². The van der Waals surface area contributed by atoms with Gasteiger partial charge in [-0.05, 0) is 24.1 Å². The van der Waals surface area contributed by atoms with Crippen LogP contribution in [0.3, 0.4) is 0 Å². The molecule has 1 aromatic rings. The van der Waals surface area contributed by atoms with Gasteiger partial charge in [-0.1, -0.05) is 12.1 Å². The van der Waals surface area contributed by atoms with E-state index < -0.39 is 37.2 Å². The van der Waals surface area contributed by atoms with Crippen LogP contribution in [0, 0.1) is 0 Å². The molecule has 0 radical (unpaired) electrons. The minimum atomic E-state index is -4.86. The highest BCUT2D eigenvalue weighted by atomic mass is 19.4. The van der Waals surface area contributed by atoms with Crippen molar-refractivity contribution < 1.29 is 31.1 Å². The Labute approximate surface area is 110 Å². The zero-order valence-electron chi connectivity index (χ0n) is 10.1. The smallest absolute Gasteiger partial charge is 0.406 e. The van der Waals surface area contributed by atoms with Crippen molar-refractivity contribution in [2.45, 2.75) is 31.4 Å². The Hall–Kier alpha value is -1.48. The predicted molar refractivity (Wildman–Crippen MR) is 58.5 cm³/mol. The summed E-state index contributed by atoms with van der Waals surface area (Å²) in [5.41, 5.74) is 2.32. The number of nitrogens with one attached hydrogen (secondary N) is 1. The summed E-state index contributed by atoms with van der Waals surface area (Å²) in [6.45, 7) is 0. The molecule has 1 aromatic carbocycles. The van der Waals surface area contributed by atoms with Gasteiger partial charge in [-0.15, -0.1) is 13.2 Å². The summed E-state index contributed by atoms with van der Waals surface area (Å²) >= 11 is 0. The Kier molecular flexibility index (Phi) is 5.23. The summed E-state index contributed by atoms with van der Waals surface area (Å²) in [4.78, 5) is 0. The highest BCUT2D eigenvalue weighted by Gasteiger charge is 2.32. The van der Waals surface area contributed by atoms with E-state index >= 15 is 0 Å². The van der Waals surface area contributed by atoms with Gasteiger partial charge >= 0.3 is 12.5 Å². The number of nitrogens with two attached hydrogens (primary N) is 1. The first-order valence-corrected chi connectivity index (χ1v) is 5.49. The molecule has 0 bridgehead atoms. The lowest BCUT2D eigenvalue weighted by molar-refractivity contribution is -0.274. The Morgan fingerprint density at radius 1 is 1.15 bits per heavy atom. The van der Waals surface area contributed by atoms with Gasteiger partial charge in [0.1, 0.15) is 5.75 Å². The lowest BCUT2D eigenvalue weighted by Gasteiger charge is -2.18. The summed E-state index contributed by atoms with van der Waals surface area (Å²) < 4.78 is 76.2. The summed E-state index contributed by atoms with van der Waals surface area (Å²) in [5, 5.41) is 0. The first-order chi connectivity index (χ1) is 9.11. The van der Waals surface area contributed by atoms with Crippen molar-refractivity contribution in [3.63, 3.8) is 0 Å². The molecule has 0 heterocycles. The van der Waals surface area contributed by atoms with Gasteiger partial charge < -0.3 is 4.74 Å². The van der Waals surface area contributed by atoms with Crippen molar-refractivity contribution in [3.8, 4) is 5.75 Å². The largest absolute Gasteiger partial charge is 0.573 e. The molecule has 3 N–H and O–H groups in total. The van der Waals surface area contributed by atoms with Crippen LogP contribution in [0.5, 0.6) is 5.75 Å². The Balaban J connectivity index is 2.80. The molecular weight excluding hydrogens is 290 g/mol. The highest BCUT2D eigenvalue weighted by molar-refractivity contribution is 5.30. The monoisotopic (exact) mass is 302 g/mol. The molecule has 0 aromatic heterocycles. The van der Waals surface area contributed by atoms with Gasteiger partial charge in [0.25, 0.3) is 0 Å². The molecular formula is C11H12F6N2O. The quantitative estimate of drug-likeness (QED) is 0.497. The number of halogens is 6. The molecule has 114 valence electrons. The molecule has 0 saturated carbocycles. The third-order valence-electron chi connectivity index (χ3n) is 2.41. The predicted octanol–water partition coefficient (Wildman–Crippen LogP) is 3.43. The molecule has 1 unspecified atom stereocenters. The first-order valence-electron chi connectivity index (χ1n) is 5.49. The van der Waals surface area contributed by atoms with Gasteiger partial charge in [0.2, 0.25) is 0 Å². The van der Waals surface area contributed by atoms with E-state index in [2.05, 4.69) is 10.2 Å². The van der Waals surface area contributed by atoms with Crippen LogP contribution in [0.25, 0.3) is 0 Å². The maximum absolute atomic E-state index is 12.1. The Morgan fingerprint density at radius 2 is 1.80 bits per heavy atom. The molecule has 1 atom stereocenters. The maximum atomic E-state index is 12.1. The van der Waals surface area contributed by atoms with Crippen molar-refractivity contribution in [1.82, 2.24) is 5.43 Å². The van der Waals surface area contributed by atoms with E-state index in [4.69, 9.17) is 5.84 Å². The van der Waals surface area contributed by atoms with E-state index in [0.717, 1.165) is 12.1 Å². The summed E-state index contributed by atoms with van der Waals surface area (Å²) in [5.74, 6) is 4.62. The average molecular weight is 302 g/mol. The SMILES string of the molecule is NNC(CCC(F)(F)F)c1cccc(OC(F)(F)F)c1. The van der Waals surface area contributed by atoms with Crippen molar-refractivity contribution >= 4 is 0 Å². The van der Waals surface area contributed by atoms with Gasteiger partial charge in [0.15, 0.2) is 0 Å². The normalized spacial score (nSPS) is 14.2. The summed E-state index contributed by atoms with van der Waals surface area (Å²) in [7, 11) is 0. The number of ether oxygens (including phenoxy) is 1. The molecule has 0 amide bonds. The minimum Gasteiger partial charge on any atom is -0.406 e. The van der Waals surface area contributed by atoms with E-state index in [1.807, 2.05) is 0 Å². The third kappa shape index (κ3) is 6.11. The van der Waals surface area contributed by atoms with Crippen molar-refractivity contribution in [1.29, 1.82) is 0 Å². The van der Waals surface area contributed by atoms with Crippen LogP contribution >= 0.6 is 0 Å². The van der Waals surface area contributed by atoms with Crippen molar-refractivity contribution in [3.05, 3.63) is 29.8 Å². The van der Waals surface area contributed by atoms with Crippen molar-refractivity contribution in [2.75, 3.05) is 0 Å². The molecule has 20 heavy (non-hydrogen) atoms. The van der Waals surface area contributed by atoms with E-state index in [0.29, 0.717) is 0 Å². The van der Waals surface area contributed by atoms with Gasteiger partial charge in [-0.25, -0.2) is 0 Å². The van der Waals surface area contributed by atoms with E-state index in [1.165, 1.54) is 12.1 Å². The molecule has 0 aliphatic rings. The van der Waals surface area contributed by atoms with E-state index in [9.17, 15) is 26.3 Å². The molecule has 0 saturated heterocycles. The molecule has 9 heteroatoms. The van der Waals surface area contributed by atoms with Crippen LogP contribution in [0.4, 0.5) is 26.3 Å². The topological polar surface area (TPSA) is 47.3 Å². The fourth-order valence-corrected chi connectivity index (χ4v) is 1.58. The average Bonchev–Trinajstić information content (AvgIpc) is 2.26. The fraction of sp³-hybridized carbons (Fsp3) is 0.455. The number of benzene rings is 1. The van der Waals surface area contributed by atoms with Crippen LogP contribution in [-0.2, 0) is 0 Å². The molecule has 0 spiro atoms. The minimum absolute atomic E-state index is 0.179. The molecule has 0 aliphatic heterocycles. The van der Waals surface area contributed by atoms with E-state index in [1.54, 1.807) is 0 Å². The van der Waals surface area contributed by atoms with Crippen LogP contribution < -0.4 is 16.0 Å². The Morgan fingerprint density at radius 3 is 2.30 bits per heavy atom. The van der Waals surface area contributed by atoms with Gasteiger partial charge in [0, 0.05) is 12.5 Å². The lowest BCUT2D eigenvalue weighted by atomic mass is 10.0. The number of hydrogen-bond acceptors (Lipinski definition) is 3. The Bertz CT molecular complexity index is 432. The third-order valence-corrected chi connectivity index (χ3v) is 2.41. The number of hydrogen-bond donors (Lipinski definition) is 2. The van der Waals surface area contributed by atoms with Crippen LogP contribution in [0.1, 0.15) is 24.4 Å². The number of hydrazine groups is 1. The highest BCUT2D eigenvalue weighted by Crippen LogP contribution is 2.30.